The van der Waals surface area contributed by atoms with E-state index in [4.69, 9.17) is 19.9 Å². The predicted molar refractivity (Wildman–Crippen MR) is 104 cm³/mol. The number of rotatable bonds is 7. The molecule has 0 radical (unpaired) electrons. The molecule has 2 aromatic carbocycles. The van der Waals surface area contributed by atoms with E-state index in [1.54, 1.807) is 6.07 Å². The standard InChI is InChI=1S/C21H23N3O3/c22-16-5-2-7-19(11-16)26-13-17-12-21(24-23-17)15-4-1-6-18(10-15)27-14-20-8-3-9-25-20/h1-2,4-7,10-12,20H,3,8-9,13-14,22H2,(H,23,24). The summed E-state index contributed by atoms with van der Waals surface area (Å²) in [5.41, 5.74) is 9.17. The molecule has 0 aliphatic carbocycles. The maximum absolute atomic E-state index is 5.88. The van der Waals surface area contributed by atoms with Gasteiger partial charge in [0.15, 0.2) is 0 Å². The van der Waals surface area contributed by atoms with Crippen molar-refractivity contribution in [3.05, 3.63) is 60.3 Å². The van der Waals surface area contributed by atoms with Crippen molar-refractivity contribution in [1.29, 1.82) is 0 Å². The summed E-state index contributed by atoms with van der Waals surface area (Å²) in [6.45, 7) is 1.82. The van der Waals surface area contributed by atoms with Gasteiger partial charge in [-0.05, 0) is 43.2 Å². The van der Waals surface area contributed by atoms with E-state index in [-0.39, 0.29) is 6.10 Å². The number of anilines is 1. The fourth-order valence-electron chi connectivity index (χ4n) is 3.06. The Morgan fingerprint density at radius 3 is 2.74 bits per heavy atom. The summed E-state index contributed by atoms with van der Waals surface area (Å²) in [4.78, 5) is 0. The predicted octanol–water partition coefficient (Wildman–Crippen LogP) is 3.80. The molecule has 4 rings (SSSR count). The minimum atomic E-state index is 0.204. The second-order valence-electron chi connectivity index (χ2n) is 6.61. The van der Waals surface area contributed by atoms with Crippen molar-refractivity contribution in [2.75, 3.05) is 18.9 Å². The van der Waals surface area contributed by atoms with Gasteiger partial charge in [-0.25, -0.2) is 0 Å². The Morgan fingerprint density at radius 1 is 1.07 bits per heavy atom. The number of aromatic nitrogens is 2. The van der Waals surface area contributed by atoms with Gasteiger partial charge in [-0.15, -0.1) is 0 Å². The highest BCUT2D eigenvalue weighted by molar-refractivity contribution is 5.61. The second-order valence-corrected chi connectivity index (χ2v) is 6.61. The molecule has 2 heterocycles. The number of nitrogens with two attached hydrogens (primary N) is 1. The number of ether oxygens (including phenoxy) is 3. The SMILES string of the molecule is Nc1cccc(OCc2cc(-c3cccc(OCC4CCCO4)c3)n[nH]2)c1. The molecule has 1 fully saturated rings. The van der Waals surface area contributed by atoms with Crippen molar-refractivity contribution in [2.24, 2.45) is 0 Å². The molecule has 1 aliphatic heterocycles. The largest absolute Gasteiger partial charge is 0.491 e. The summed E-state index contributed by atoms with van der Waals surface area (Å²) in [6, 6.07) is 17.3. The first-order valence-corrected chi connectivity index (χ1v) is 9.14. The molecule has 3 aromatic rings. The summed E-state index contributed by atoms with van der Waals surface area (Å²) >= 11 is 0. The van der Waals surface area contributed by atoms with Crippen LogP contribution in [0.1, 0.15) is 18.5 Å². The van der Waals surface area contributed by atoms with Crippen LogP contribution < -0.4 is 15.2 Å². The average molecular weight is 365 g/mol. The molecule has 1 aliphatic rings. The third kappa shape index (κ3) is 4.60. The van der Waals surface area contributed by atoms with Crippen LogP contribution >= 0.6 is 0 Å². The van der Waals surface area contributed by atoms with Crippen LogP contribution in [0.15, 0.2) is 54.6 Å². The van der Waals surface area contributed by atoms with Crippen molar-refractivity contribution in [1.82, 2.24) is 10.2 Å². The van der Waals surface area contributed by atoms with Crippen molar-refractivity contribution in [3.8, 4) is 22.8 Å². The molecule has 6 nitrogen and oxygen atoms in total. The van der Waals surface area contributed by atoms with Gasteiger partial charge in [-0.2, -0.15) is 5.10 Å². The first-order chi connectivity index (χ1) is 13.3. The van der Waals surface area contributed by atoms with Crippen molar-refractivity contribution in [2.45, 2.75) is 25.6 Å². The fourth-order valence-corrected chi connectivity index (χ4v) is 3.06. The number of hydrogen-bond acceptors (Lipinski definition) is 5. The molecule has 0 spiro atoms. The average Bonchev–Trinajstić information content (AvgIpc) is 3.37. The number of nitrogen functional groups attached to an aromatic ring is 1. The maximum atomic E-state index is 5.88. The Kier molecular flexibility index (Phi) is 5.25. The molecule has 1 unspecified atom stereocenters. The monoisotopic (exact) mass is 365 g/mol. The van der Waals surface area contributed by atoms with Gasteiger partial charge in [-0.3, -0.25) is 5.10 Å². The van der Waals surface area contributed by atoms with E-state index in [0.29, 0.717) is 18.9 Å². The molecule has 3 N–H and O–H groups in total. The van der Waals surface area contributed by atoms with E-state index in [0.717, 1.165) is 47.9 Å². The third-order valence-electron chi connectivity index (χ3n) is 4.47. The number of benzene rings is 2. The molecular weight excluding hydrogens is 342 g/mol. The Morgan fingerprint density at radius 2 is 1.93 bits per heavy atom. The molecule has 27 heavy (non-hydrogen) atoms. The quantitative estimate of drug-likeness (QED) is 0.623. The van der Waals surface area contributed by atoms with Crippen molar-refractivity contribution >= 4 is 5.69 Å². The van der Waals surface area contributed by atoms with E-state index in [1.807, 2.05) is 48.5 Å². The zero-order valence-electron chi connectivity index (χ0n) is 15.1. The first-order valence-electron chi connectivity index (χ1n) is 9.14. The maximum Gasteiger partial charge on any atom is 0.130 e. The second kappa shape index (κ2) is 8.14. The summed E-state index contributed by atoms with van der Waals surface area (Å²) in [7, 11) is 0. The van der Waals surface area contributed by atoms with Crippen LogP contribution in [0.5, 0.6) is 11.5 Å². The summed E-state index contributed by atoms with van der Waals surface area (Å²) in [5, 5.41) is 7.40. The van der Waals surface area contributed by atoms with Crippen molar-refractivity contribution < 1.29 is 14.2 Å². The molecular formula is C21H23N3O3. The van der Waals surface area contributed by atoms with Crippen LogP contribution in [-0.4, -0.2) is 29.5 Å². The Hall–Kier alpha value is -2.99. The van der Waals surface area contributed by atoms with Gasteiger partial charge in [0.2, 0.25) is 0 Å². The number of H-pyrrole nitrogens is 1. The van der Waals surface area contributed by atoms with Gasteiger partial charge in [0.25, 0.3) is 0 Å². The highest BCUT2D eigenvalue weighted by Gasteiger charge is 2.16. The van der Waals surface area contributed by atoms with Crippen LogP contribution in [0, 0.1) is 0 Å². The van der Waals surface area contributed by atoms with E-state index in [9.17, 15) is 0 Å². The van der Waals surface area contributed by atoms with E-state index in [1.165, 1.54) is 0 Å². The molecule has 1 aromatic heterocycles. The molecule has 140 valence electrons. The first kappa shape index (κ1) is 17.4. The number of nitrogens with one attached hydrogen (secondary N) is 1. The normalized spacial score (nSPS) is 16.4. The van der Waals surface area contributed by atoms with E-state index < -0.39 is 0 Å². The van der Waals surface area contributed by atoms with E-state index in [2.05, 4.69) is 10.2 Å². The molecule has 0 saturated carbocycles. The third-order valence-corrected chi connectivity index (χ3v) is 4.47. The minimum absolute atomic E-state index is 0.204. The lowest BCUT2D eigenvalue weighted by Gasteiger charge is -2.11. The van der Waals surface area contributed by atoms with Gasteiger partial charge < -0.3 is 19.9 Å². The van der Waals surface area contributed by atoms with Crippen LogP contribution in [0.2, 0.25) is 0 Å². The highest BCUT2D eigenvalue weighted by atomic mass is 16.5. The van der Waals surface area contributed by atoms with Gasteiger partial charge in [0.05, 0.1) is 17.5 Å². The number of hydrogen-bond donors (Lipinski definition) is 2. The Balaban J connectivity index is 1.38. The van der Waals surface area contributed by atoms with Crippen LogP contribution in [0.4, 0.5) is 5.69 Å². The van der Waals surface area contributed by atoms with Crippen molar-refractivity contribution in [3.63, 3.8) is 0 Å². The lowest BCUT2D eigenvalue weighted by Crippen LogP contribution is -2.16. The molecule has 0 bridgehead atoms. The number of aromatic amines is 1. The lowest BCUT2D eigenvalue weighted by molar-refractivity contribution is 0.0680. The zero-order chi connectivity index (χ0) is 18.5. The summed E-state index contributed by atoms with van der Waals surface area (Å²) < 4.78 is 17.2. The molecule has 1 saturated heterocycles. The van der Waals surface area contributed by atoms with Gasteiger partial charge in [-0.1, -0.05) is 18.2 Å². The minimum Gasteiger partial charge on any atom is -0.491 e. The van der Waals surface area contributed by atoms with Crippen LogP contribution in [0.25, 0.3) is 11.3 Å². The van der Waals surface area contributed by atoms with Gasteiger partial charge >= 0.3 is 0 Å². The number of nitrogens with zero attached hydrogens (tertiary/aromatic N) is 1. The lowest BCUT2D eigenvalue weighted by atomic mass is 10.1. The summed E-state index contributed by atoms with van der Waals surface area (Å²) in [6.07, 6.45) is 2.38. The smallest absolute Gasteiger partial charge is 0.130 e. The van der Waals surface area contributed by atoms with Crippen LogP contribution in [0.3, 0.4) is 0 Å². The molecule has 0 amide bonds. The summed E-state index contributed by atoms with van der Waals surface area (Å²) in [5.74, 6) is 1.55. The topological polar surface area (TPSA) is 82.4 Å². The Bertz CT molecular complexity index is 888. The molecule has 6 heteroatoms. The zero-order valence-corrected chi connectivity index (χ0v) is 15.1. The van der Waals surface area contributed by atoms with Crippen LogP contribution in [-0.2, 0) is 11.3 Å². The van der Waals surface area contributed by atoms with Gasteiger partial charge in [0.1, 0.15) is 24.7 Å². The highest BCUT2D eigenvalue weighted by Crippen LogP contribution is 2.24. The van der Waals surface area contributed by atoms with Gasteiger partial charge in [0, 0.05) is 23.9 Å². The molecule has 1 atom stereocenters. The Labute approximate surface area is 158 Å². The fraction of sp³-hybridized carbons (Fsp3) is 0.286. The van der Waals surface area contributed by atoms with E-state index >= 15 is 0 Å².